The van der Waals surface area contributed by atoms with E-state index in [1.807, 2.05) is 0 Å². The Balaban J connectivity index is 1.73. The van der Waals surface area contributed by atoms with Gasteiger partial charge < -0.3 is 5.32 Å². The Morgan fingerprint density at radius 1 is 1.12 bits per heavy atom. The summed E-state index contributed by atoms with van der Waals surface area (Å²) in [6.07, 6.45) is 7.23. The van der Waals surface area contributed by atoms with Crippen molar-refractivity contribution in [2.45, 2.75) is 71.9 Å². The van der Waals surface area contributed by atoms with Crippen LogP contribution in [0.15, 0.2) is 0 Å². The molecule has 0 radical (unpaired) electrons. The van der Waals surface area contributed by atoms with Gasteiger partial charge in [0, 0.05) is 12.1 Å². The predicted octanol–water partition coefficient (Wildman–Crippen LogP) is 3.59. The lowest BCUT2D eigenvalue weighted by Crippen LogP contribution is -2.56. The molecule has 0 heterocycles. The molecule has 16 heavy (non-hydrogen) atoms. The lowest BCUT2D eigenvalue weighted by Gasteiger charge is -2.47. The molecule has 2 bridgehead atoms. The molecule has 0 aromatic carbocycles. The highest BCUT2D eigenvalue weighted by Crippen LogP contribution is 2.62. The summed E-state index contributed by atoms with van der Waals surface area (Å²) in [6.45, 7) is 9.91. The van der Waals surface area contributed by atoms with Crippen LogP contribution in [-0.2, 0) is 0 Å². The van der Waals surface area contributed by atoms with Gasteiger partial charge >= 0.3 is 0 Å². The van der Waals surface area contributed by atoms with Gasteiger partial charge in [-0.2, -0.15) is 0 Å². The molecule has 3 fully saturated rings. The van der Waals surface area contributed by atoms with Crippen LogP contribution in [0, 0.1) is 22.7 Å². The van der Waals surface area contributed by atoms with Crippen LogP contribution >= 0.6 is 0 Å². The average Bonchev–Trinajstić information content (AvgIpc) is 2.60. The summed E-state index contributed by atoms with van der Waals surface area (Å²) in [7, 11) is 0. The average molecular weight is 221 g/mol. The summed E-state index contributed by atoms with van der Waals surface area (Å²) in [5.41, 5.74) is 1.14. The van der Waals surface area contributed by atoms with Crippen molar-refractivity contribution in [1.82, 2.24) is 5.32 Å². The van der Waals surface area contributed by atoms with E-state index < -0.39 is 0 Å². The molecule has 3 rings (SSSR count). The number of fused-ring (bicyclic) bond motifs is 2. The van der Waals surface area contributed by atoms with Crippen LogP contribution in [0.5, 0.6) is 0 Å². The topological polar surface area (TPSA) is 12.0 Å². The molecule has 0 aromatic heterocycles. The number of hydrogen-bond donors (Lipinski definition) is 1. The first-order valence-corrected chi connectivity index (χ1v) is 7.18. The van der Waals surface area contributed by atoms with Crippen molar-refractivity contribution in [1.29, 1.82) is 0 Å². The molecular formula is C15H27N. The lowest BCUT2D eigenvalue weighted by atomic mass is 9.67. The Hall–Kier alpha value is -0.0400. The van der Waals surface area contributed by atoms with E-state index in [4.69, 9.17) is 0 Å². The molecule has 3 aliphatic carbocycles. The number of nitrogens with one attached hydrogen (secondary N) is 1. The SMILES string of the molecule is CC1CC(NC2C3(C)CCC(C3)C2(C)C)C1. The van der Waals surface area contributed by atoms with Crippen molar-refractivity contribution < 1.29 is 0 Å². The van der Waals surface area contributed by atoms with E-state index in [-0.39, 0.29) is 0 Å². The van der Waals surface area contributed by atoms with Gasteiger partial charge in [0.15, 0.2) is 0 Å². The zero-order valence-corrected chi connectivity index (χ0v) is 11.3. The van der Waals surface area contributed by atoms with E-state index in [9.17, 15) is 0 Å². The van der Waals surface area contributed by atoms with E-state index in [1.54, 1.807) is 0 Å². The van der Waals surface area contributed by atoms with Gasteiger partial charge in [-0.15, -0.1) is 0 Å². The highest BCUT2D eigenvalue weighted by Gasteiger charge is 2.59. The largest absolute Gasteiger partial charge is 0.310 e. The van der Waals surface area contributed by atoms with Crippen molar-refractivity contribution >= 4 is 0 Å². The summed E-state index contributed by atoms with van der Waals surface area (Å²) >= 11 is 0. The van der Waals surface area contributed by atoms with Crippen molar-refractivity contribution in [3.05, 3.63) is 0 Å². The van der Waals surface area contributed by atoms with E-state index >= 15 is 0 Å². The van der Waals surface area contributed by atoms with Gasteiger partial charge in [-0.25, -0.2) is 0 Å². The van der Waals surface area contributed by atoms with Crippen molar-refractivity contribution in [3.63, 3.8) is 0 Å². The maximum Gasteiger partial charge on any atom is 0.0177 e. The minimum Gasteiger partial charge on any atom is -0.310 e. The van der Waals surface area contributed by atoms with Gasteiger partial charge in [-0.05, 0) is 54.8 Å². The van der Waals surface area contributed by atoms with E-state index in [1.165, 1.54) is 32.1 Å². The van der Waals surface area contributed by atoms with Gasteiger partial charge in [-0.1, -0.05) is 27.7 Å². The summed E-state index contributed by atoms with van der Waals surface area (Å²) in [5.74, 6) is 1.94. The Morgan fingerprint density at radius 2 is 1.81 bits per heavy atom. The molecule has 1 N–H and O–H groups in total. The third-order valence-corrected chi connectivity index (χ3v) is 6.05. The summed E-state index contributed by atoms with van der Waals surface area (Å²) in [4.78, 5) is 0. The van der Waals surface area contributed by atoms with Crippen LogP contribution in [0.2, 0.25) is 0 Å². The first-order valence-electron chi connectivity index (χ1n) is 7.18. The molecule has 0 spiro atoms. The molecule has 92 valence electrons. The minimum atomic E-state index is 0.534. The van der Waals surface area contributed by atoms with E-state index in [2.05, 4.69) is 33.0 Å². The molecule has 3 saturated carbocycles. The number of hydrogen-bond acceptors (Lipinski definition) is 1. The second kappa shape index (κ2) is 3.25. The normalized spacial score (nSPS) is 54.0. The lowest BCUT2D eigenvalue weighted by molar-refractivity contribution is 0.0751. The standard InChI is InChI=1S/C15H27N/c1-10-7-12(8-10)16-13-14(2,3)11-5-6-15(13,4)9-11/h10-13,16H,5-9H2,1-4H3. The predicted molar refractivity (Wildman–Crippen MR) is 68.3 cm³/mol. The molecule has 0 saturated heterocycles. The summed E-state index contributed by atoms with van der Waals surface area (Å²) in [6, 6.07) is 1.60. The zero-order chi connectivity index (χ0) is 11.6. The Morgan fingerprint density at radius 3 is 2.31 bits per heavy atom. The summed E-state index contributed by atoms with van der Waals surface area (Å²) in [5, 5.41) is 4.01. The highest BCUT2D eigenvalue weighted by molar-refractivity contribution is 5.13. The second-order valence-corrected chi connectivity index (χ2v) is 7.79. The molecule has 0 aliphatic heterocycles. The Bertz CT molecular complexity index is 285. The molecular weight excluding hydrogens is 194 g/mol. The Labute approximate surface area is 100 Å². The van der Waals surface area contributed by atoms with Crippen molar-refractivity contribution in [2.75, 3.05) is 0 Å². The van der Waals surface area contributed by atoms with Crippen molar-refractivity contribution in [3.8, 4) is 0 Å². The third-order valence-electron chi connectivity index (χ3n) is 6.05. The maximum absolute atomic E-state index is 4.01. The third kappa shape index (κ3) is 1.40. The van der Waals surface area contributed by atoms with Crippen molar-refractivity contribution in [2.24, 2.45) is 22.7 Å². The van der Waals surface area contributed by atoms with E-state index in [0.717, 1.165) is 23.9 Å². The molecule has 1 heteroatoms. The fourth-order valence-corrected chi connectivity index (χ4v) is 4.99. The van der Waals surface area contributed by atoms with Gasteiger partial charge in [0.05, 0.1) is 0 Å². The van der Waals surface area contributed by atoms with Crippen LogP contribution in [0.4, 0.5) is 0 Å². The highest BCUT2D eigenvalue weighted by atomic mass is 15.0. The molecule has 3 unspecified atom stereocenters. The van der Waals surface area contributed by atoms with E-state index in [0.29, 0.717) is 10.8 Å². The molecule has 3 aliphatic rings. The molecule has 0 amide bonds. The first-order chi connectivity index (χ1) is 7.42. The van der Waals surface area contributed by atoms with Gasteiger partial charge in [-0.3, -0.25) is 0 Å². The van der Waals surface area contributed by atoms with Gasteiger partial charge in [0.2, 0.25) is 0 Å². The van der Waals surface area contributed by atoms with Crippen LogP contribution in [0.1, 0.15) is 59.8 Å². The van der Waals surface area contributed by atoms with Gasteiger partial charge in [0.25, 0.3) is 0 Å². The monoisotopic (exact) mass is 221 g/mol. The number of rotatable bonds is 2. The quantitative estimate of drug-likeness (QED) is 0.751. The molecule has 1 nitrogen and oxygen atoms in total. The van der Waals surface area contributed by atoms with Crippen LogP contribution in [0.25, 0.3) is 0 Å². The fourth-order valence-electron chi connectivity index (χ4n) is 4.99. The molecule has 3 atom stereocenters. The van der Waals surface area contributed by atoms with Crippen LogP contribution < -0.4 is 5.32 Å². The Kier molecular flexibility index (Phi) is 2.25. The first kappa shape index (κ1) is 11.1. The van der Waals surface area contributed by atoms with Crippen LogP contribution in [-0.4, -0.2) is 12.1 Å². The molecule has 0 aromatic rings. The van der Waals surface area contributed by atoms with Gasteiger partial charge in [0.1, 0.15) is 0 Å². The van der Waals surface area contributed by atoms with Crippen LogP contribution in [0.3, 0.4) is 0 Å². The maximum atomic E-state index is 4.01. The zero-order valence-electron chi connectivity index (χ0n) is 11.3. The summed E-state index contributed by atoms with van der Waals surface area (Å²) < 4.78 is 0. The fraction of sp³-hybridized carbons (Fsp3) is 1.00. The smallest absolute Gasteiger partial charge is 0.0177 e. The second-order valence-electron chi connectivity index (χ2n) is 7.79. The minimum absolute atomic E-state index is 0.534.